The first kappa shape index (κ1) is 17.5. The van der Waals surface area contributed by atoms with Crippen LogP contribution in [-0.4, -0.2) is 13.1 Å². The number of carbonyl (C=O) groups is 1. The molecular formula is C16H32O2. The van der Waals surface area contributed by atoms with E-state index in [1.165, 1.54) is 52.1 Å². The van der Waals surface area contributed by atoms with E-state index in [0.29, 0.717) is 5.92 Å². The summed E-state index contributed by atoms with van der Waals surface area (Å²) in [5.74, 6) is 0.449. The van der Waals surface area contributed by atoms with Crippen molar-refractivity contribution in [2.45, 2.75) is 78.6 Å². The molecule has 0 aliphatic carbocycles. The second kappa shape index (κ2) is 11.6. The third kappa shape index (κ3) is 8.54. The Morgan fingerprint density at radius 2 is 1.44 bits per heavy atom. The highest BCUT2D eigenvalue weighted by Gasteiger charge is 2.21. The summed E-state index contributed by atoms with van der Waals surface area (Å²) in [6, 6.07) is 0. The summed E-state index contributed by atoms with van der Waals surface area (Å²) in [5, 5.41) is 0. The Morgan fingerprint density at radius 3 is 1.89 bits per heavy atom. The van der Waals surface area contributed by atoms with E-state index < -0.39 is 0 Å². The first-order valence-electron chi connectivity index (χ1n) is 7.71. The molecule has 1 unspecified atom stereocenters. The molecule has 0 aromatic carbocycles. The van der Waals surface area contributed by atoms with Crippen molar-refractivity contribution in [2.24, 2.45) is 11.8 Å². The predicted octanol–water partition coefficient (Wildman–Crippen LogP) is 4.96. The minimum atomic E-state index is -0.0343. The van der Waals surface area contributed by atoms with E-state index in [1.807, 2.05) is 0 Å². The van der Waals surface area contributed by atoms with Crippen LogP contribution >= 0.6 is 0 Å². The highest BCUT2D eigenvalue weighted by molar-refractivity contribution is 5.72. The Labute approximate surface area is 113 Å². The van der Waals surface area contributed by atoms with Gasteiger partial charge in [0.1, 0.15) is 0 Å². The van der Waals surface area contributed by atoms with Crippen molar-refractivity contribution in [1.82, 2.24) is 0 Å². The van der Waals surface area contributed by atoms with Gasteiger partial charge in [0.15, 0.2) is 0 Å². The third-order valence-corrected chi connectivity index (χ3v) is 3.68. The molecule has 0 spiro atoms. The van der Waals surface area contributed by atoms with Crippen molar-refractivity contribution >= 4 is 5.97 Å². The standard InChI is InChI=1S/C16H32O2/c1-5-6-7-8-9-10-11-12-13-15(14(2)3)16(17)18-4/h14-15H,5-13H2,1-4H3. The maximum absolute atomic E-state index is 11.6. The molecule has 0 aromatic heterocycles. The average molecular weight is 256 g/mol. The smallest absolute Gasteiger partial charge is 0.308 e. The number of methoxy groups -OCH3 is 1. The van der Waals surface area contributed by atoms with Crippen LogP contribution in [0.4, 0.5) is 0 Å². The van der Waals surface area contributed by atoms with E-state index in [2.05, 4.69) is 20.8 Å². The van der Waals surface area contributed by atoms with E-state index in [9.17, 15) is 4.79 Å². The van der Waals surface area contributed by atoms with Crippen LogP contribution in [0, 0.1) is 11.8 Å². The summed E-state index contributed by atoms with van der Waals surface area (Å²) in [6.07, 6.45) is 11.5. The van der Waals surface area contributed by atoms with Crippen LogP contribution < -0.4 is 0 Å². The van der Waals surface area contributed by atoms with E-state index >= 15 is 0 Å². The number of rotatable bonds is 11. The number of esters is 1. The topological polar surface area (TPSA) is 26.3 Å². The van der Waals surface area contributed by atoms with Crippen LogP contribution in [0.25, 0.3) is 0 Å². The lowest BCUT2D eigenvalue weighted by Gasteiger charge is -2.17. The number of ether oxygens (including phenoxy) is 1. The first-order chi connectivity index (χ1) is 8.63. The predicted molar refractivity (Wildman–Crippen MR) is 77.6 cm³/mol. The van der Waals surface area contributed by atoms with E-state index in [1.54, 1.807) is 0 Å². The largest absolute Gasteiger partial charge is 0.469 e. The lowest BCUT2D eigenvalue weighted by molar-refractivity contribution is -0.147. The van der Waals surface area contributed by atoms with Crippen LogP contribution in [0.15, 0.2) is 0 Å². The van der Waals surface area contributed by atoms with Crippen molar-refractivity contribution < 1.29 is 9.53 Å². The summed E-state index contributed by atoms with van der Waals surface area (Å²) in [4.78, 5) is 11.6. The molecule has 0 saturated carbocycles. The molecule has 0 rings (SSSR count). The molecule has 0 amide bonds. The minimum Gasteiger partial charge on any atom is -0.469 e. The highest BCUT2D eigenvalue weighted by atomic mass is 16.5. The zero-order chi connectivity index (χ0) is 13.8. The quantitative estimate of drug-likeness (QED) is 0.385. The Kier molecular flexibility index (Phi) is 11.2. The molecule has 0 aliphatic heterocycles. The Balaban J connectivity index is 3.53. The van der Waals surface area contributed by atoms with Gasteiger partial charge in [-0.05, 0) is 12.3 Å². The molecule has 0 radical (unpaired) electrons. The van der Waals surface area contributed by atoms with Gasteiger partial charge in [-0.2, -0.15) is 0 Å². The van der Waals surface area contributed by atoms with Crippen molar-refractivity contribution in [2.75, 3.05) is 7.11 Å². The molecule has 108 valence electrons. The van der Waals surface area contributed by atoms with E-state index in [0.717, 1.165) is 12.8 Å². The fraction of sp³-hybridized carbons (Fsp3) is 0.938. The lowest BCUT2D eigenvalue weighted by atomic mass is 9.90. The zero-order valence-electron chi connectivity index (χ0n) is 12.8. The molecule has 0 aliphatic rings. The Bertz CT molecular complexity index is 199. The summed E-state index contributed by atoms with van der Waals surface area (Å²) < 4.78 is 4.86. The molecule has 0 fully saturated rings. The van der Waals surface area contributed by atoms with Gasteiger partial charge in [-0.3, -0.25) is 4.79 Å². The fourth-order valence-corrected chi connectivity index (χ4v) is 2.37. The third-order valence-electron chi connectivity index (χ3n) is 3.68. The highest BCUT2D eigenvalue weighted by Crippen LogP contribution is 2.20. The second-order valence-corrected chi connectivity index (χ2v) is 5.64. The molecule has 0 N–H and O–H groups in total. The van der Waals surface area contributed by atoms with Crippen molar-refractivity contribution in [3.63, 3.8) is 0 Å². The SMILES string of the molecule is CCCCCCCCCCC(C(=O)OC)C(C)C. The summed E-state index contributed by atoms with van der Waals surface area (Å²) in [5.41, 5.74) is 0. The van der Waals surface area contributed by atoms with Gasteiger partial charge in [0.05, 0.1) is 13.0 Å². The molecule has 1 atom stereocenters. The Hall–Kier alpha value is -0.530. The van der Waals surface area contributed by atoms with Crippen molar-refractivity contribution in [1.29, 1.82) is 0 Å². The second-order valence-electron chi connectivity index (χ2n) is 5.64. The van der Waals surface area contributed by atoms with Gasteiger partial charge in [0.2, 0.25) is 0 Å². The van der Waals surface area contributed by atoms with Crippen LogP contribution in [0.3, 0.4) is 0 Å². The fourth-order valence-electron chi connectivity index (χ4n) is 2.37. The molecule has 0 bridgehead atoms. The zero-order valence-corrected chi connectivity index (χ0v) is 12.8. The van der Waals surface area contributed by atoms with Crippen LogP contribution in [0.1, 0.15) is 78.6 Å². The molecule has 0 aromatic rings. The monoisotopic (exact) mass is 256 g/mol. The number of unbranched alkanes of at least 4 members (excludes halogenated alkanes) is 7. The van der Waals surface area contributed by atoms with E-state index in [-0.39, 0.29) is 11.9 Å². The van der Waals surface area contributed by atoms with Gasteiger partial charge in [-0.25, -0.2) is 0 Å². The maximum atomic E-state index is 11.6. The normalized spacial score (nSPS) is 12.7. The van der Waals surface area contributed by atoms with Gasteiger partial charge in [0, 0.05) is 0 Å². The average Bonchev–Trinajstić information content (AvgIpc) is 2.35. The van der Waals surface area contributed by atoms with Gasteiger partial charge >= 0.3 is 5.97 Å². The molecule has 2 heteroatoms. The lowest BCUT2D eigenvalue weighted by Crippen LogP contribution is -2.21. The van der Waals surface area contributed by atoms with Crippen molar-refractivity contribution in [3.05, 3.63) is 0 Å². The summed E-state index contributed by atoms with van der Waals surface area (Å²) in [7, 11) is 1.49. The number of hydrogen-bond donors (Lipinski definition) is 0. The van der Waals surface area contributed by atoms with E-state index in [4.69, 9.17) is 4.74 Å². The number of hydrogen-bond acceptors (Lipinski definition) is 2. The molecule has 2 nitrogen and oxygen atoms in total. The summed E-state index contributed by atoms with van der Waals surface area (Å²) >= 11 is 0. The number of carbonyl (C=O) groups excluding carboxylic acids is 1. The molecule has 0 saturated heterocycles. The summed E-state index contributed by atoms with van der Waals surface area (Å²) in [6.45, 7) is 6.46. The van der Waals surface area contributed by atoms with Crippen LogP contribution in [0.5, 0.6) is 0 Å². The van der Waals surface area contributed by atoms with Crippen LogP contribution in [0.2, 0.25) is 0 Å². The van der Waals surface area contributed by atoms with Gasteiger partial charge in [-0.15, -0.1) is 0 Å². The maximum Gasteiger partial charge on any atom is 0.308 e. The van der Waals surface area contributed by atoms with Gasteiger partial charge in [-0.1, -0.05) is 72.1 Å². The minimum absolute atomic E-state index is 0.0343. The molecule has 18 heavy (non-hydrogen) atoms. The Morgan fingerprint density at radius 1 is 0.944 bits per heavy atom. The van der Waals surface area contributed by atoms with Gasteiger partial charge in [0.25, 0.3) is 0 Å². The van der Waals surface area contributed by atoms with Crippen LogP contribution in [-0.2, 0) is 9.53 Å². The van der Waals surface area contributed by atoms with Crippen molar-refractivity contribution in [3.8, 4) is 0 Å². The first-order valence-corrected chi connectivity index (χ1v) is 7.71. The van der Waals surface area contributed by atoms with Gasteiger partial charge < -0.3 is 4.74 Å². The molecular weight excluding hydrogens is 224 g/mol. The molecule has 0 heterocycles.